The second-order valence-corrected chi connectivity index (χ2v) is 7.74. The summed E-state index contributed by atoms with van der Waals surface area (Å²) >= 11 is 1.42. The predicted molar refractivity (Wildman–Crippen MR) is 114 cm³/mol. The molecule has 0 aliphatic rings. The molecule has 1 aromatic heterocycles. The SMILES string of the molecule is Cc1ccc(-c2nc(C(=O)N(C)CC(=O)Nc3c(C)cccc3C)cs2)cc1. The van der Waals surface area contributed by atoms with E-state index in [0.29, 0.717) is 5.69 Å². The van der Waals surface area contributed by atoms with Gasteiger partial charge in [0.05, 0.1) is 6.54 Å². The summed E-state index contributed by atoms with van der Waals surface area (Å²) in [6.45, 7) is 5.88. The molecule has 0 aliphatic heterocycles. The van der Waals surface area contributed by atoms with Crippen molar-refractivity contribution in [2.45, 2.75) is 20.8 Å². The molecule has 0 aliphatic carbocycles. The Hall–Kier alpha value is -2.99. The third-order valence-electron chi connectivity index (χ3n) is 4.49. The maximum atomic E-state index is 12.7. The molecule has 0 fully saturated rings. The molecular weight excluding hydrogens is 370 g/mol. The molecule has 1 heterocycles. The van der Waals surface area contributed by atoms with E-state index in [1.54, 1.807) is 12.4 Å². The topological polar surface area (TPSA) is 62.3 Å². The van der Waals surface area contributed by atoms with Crippen molar-refractivity contribution in [2.24, 2.45) is 0 Å². The molecule has 0 unspecified atom stereocenters. The fourth-order valence-electron chi connectivity index (χ4n) is 2.87. The van der Waals surface area contributed by atoms with Gasteiger partial charge in [0.2, 0.25) is 5.91 Å². The van der Waals surface area contributed by atoms with Crippen LogP contribution in [0.5, 0.6) is 0 Å². The molecule has 3 rings (SSSR count). The number of amides is 2. The van der Waals surface area contributed by atoms with Crippen LogP contribution in [0, 0.1) is 20.8 Å². The maximum Gasteiger partial charge on any atom is 0.273 e. The van der Waals surface area contributed by atoms with Crippen molar-refractivity contribution < 1.29 is 9.59 Å². The van der Waals surface area contributed by atoms with Crippen LogP contribution in [0.2, 0.25) is 0 Å². The van der Waals surface area contributed by atoms with E-state index >= 15 is 0 Å². The van der Waals surface area contributed by atoms with Crippen LogP contribution < -0.4 is 5.32 Å². The normalized spacial score (nSPS) is 10.6. The van der Waals surface area contributed by atoms with Crippen LogP contribution in [0.25, 0.3) is 10.6 Å². The number of likely N-dealkylation sites (N-methyl/N-ethyl adjacent to an activating group) is 1. The number of thiazole rings is 1. The van der Waals surface area contributed by atoms with Gasteiger partial charge in [0, 0.05) is 23.7 Å². The number of rotatable bonds is 5. The van der Waals surface area contributed by atoms with Crippen molar-refractivity contribution >= 4 is 28.8 Å². The minimum atomic E-state index is -0.272. The number of aromatic nitrogens is 1. The lowest BCUT2D eigenvalue weighted by Crippen LogP contribution is -2.35. The van der Waals surface area contributed by atoms with E-state index < -0.39 is 0 Å². The van der Waals surface area contributed by atoms with Gasteiger partial charge in [0.15, 0.2) is 0 Å². The molecule has 144 valence electrons. The minimum Gasteiger partial charge on any atom is -0.331 e. The molecule has 2 amide bonds. The van der Waals surface area contributed by atoms with E-state index in [9.17, 15) is 9.59 Å². The van der Waals surface area contributed by atoms with Gasteiger partial charge in [-0.3, -0.25) is 9.59 Å². The molecule has 0 bridgehead atoms. The summed E-state index contributed by atoms with van der Waals surface area (Å²) in [5.41, 5.74) is 5.28. The summed E-state index contributed by atoms with van der Waals surface area (Å²) in [5.74, 6) is -0.506. The van der Waals surface area contributed by atoms with Crippen LogP contribution in [0.3, 0.4) is 0 Å². The summed E-state index contributed by atoms with van der Waals surface area (Å²) in [5, 5.41) is 5.42. The van der Waals surface area contributed by atoms with E-state index in [-0.39, 0.29) is 18.4 Å². The highest BCUT2D eigenvalue weighted by atomic mass is 32.1. The molecule has 3 aromatic rings. The molecule has 2 aromatic carbocycles. The van der Waals surface area contributed by atoms with Crippen LogP contribution in [0.1, 0.15) is 27.2 Å². The molecule has 5 nitrogen and oxygen atoms in total. The number of hydrogen-bond acceptors (Lipinski definition) is 4. The molecule has 0 saturated carbocycles. The average Bonchev–Trinajstić information content (AvgIpc) is 3.15. The molecule has 0 radical (unpaired) electrons. The fourth-order valence-corrected chi connectivity index (χ4v) is 3.67. The smallest absolute Gasteiger partial charge is 0.273 e. The number of carbonyl (C=O) groups excluding carboxylic acids is 2. The second kappa shape index (κ2) is 8.35. The van der Waals surface area contributed by atoms with Gasteiger partial charge in [-0.15, -0.1) is 11.3 Å². The van der Waals surface area contributed by atoms with Gasteiger partial charge in [-0.2, -0.15) is 0 Å². The number of anilines is 1. The first-order valence-electron chi connectivity index (χ1n) is 8.99. The Morgan fingerprint density at radius 2 is 1.68 bits per heavy atom. The van der Waals surface area contributed by atoms with Crippen LogP contribution in [-0.2, 0) is 4.79 Å². The third-order valence-corrected chi connectivity index (χ3v) is 5.39. The lowest BCUT2D eigenvalue weighted by atomic mass is 10.1. The number of hydrogen-bond donors (Lipinski definition) is 1. The highest BCUT2D eigenvalue weighted by Gasteiger charge is 2.19. The Labute approximate surface area is 169 Å². The maximum absolute atomic E-state index is 12.7. The van der Waals surface area contributed by atoms with Crippen molar-refractivity contribution in [1.82, 2.24) is 9.88 Å². The number of nitrogens with one attached hydrogen (secondary N) is 1. The van der Waals surface area contributed by atoms with Gasteiger partial charge in [0.25, 0.3) is 5.91 Å². The lowest BCUT2D eigenvalue weighted by molar-refractivity contribution is -0.116. The summed E-state index contributed by atoms with van der Waals surface area (Å²) in [6.07, 6.45) is 0. The van der Waals surface area contributed by atoms with E-state index in [1.807, 2.05) is 63.2 Å². The van der Waals surface area contributed by atoms with Gasteiger partial charge in [-0.1, -0.05) is 48.0 Å². The van der Waals surface area contributed by atoms with Gasteiger partial charge in [0.1, 0.15) is 10.7 Å². The first-order valence-corrected chi connectivity index (χ1v) is 9.87. The summed E-state index contributed by atoms with van der Waals surface area (Å²) in [4.78, 5) is 30.9. The average molecular weight is 394 g/mol. The highest BCUT2D eigenvalue weighted by Crippen LogP contribution is 2.24. The zero-order valence-corrected chi connectivity index (χ0v) is 17.3. The van der Waals surface area contributed by atoms with Crippen LogP contribution >= 0.6 is 11.3 Å². The monoisotopic (exact) mass is 393 g/mol. The van der Waals surface area contributed by atoms with Gasteiger partial charge < -0.3 is 10.2 Å². The lowest BCUT2D eigenvalue weighted by Gasteiger charge is -2.17. The van der Waals surface area contributed by atoms with Gasteiger partial charge in [-0.05, 0) is 31.9 Å². The quantitative estimate of drug-likeness (QED) is 0.697. The number of carbonyl (C=O) groups is 2. The van der Waals surface area contributed by atoms with E-state index in [4.69, 9.17) is 0 Å². The van der Waals surface area contributed by atoms with E-state index in [0.717, 1.165) is 27.4 Å². The zero-order chi connectivity index (χ0) is 20.3. The van der Waals surface area contributed by atoms with Crippen molar-refractivity contribution in [3.63, 3.8) is 0 Å². The fraction of sp³-hybridized carbons (Fsp3) is 0.227. The van der Waals surface area contributed by atoms with E-state index in [1.165, 1.54) is 21.8 Å². The standard InChI is InChI=1S/C22H23N3O2S/c1-14-8-10-17(11-9-14)21-23-18(13-28-21)22(27)25(4)12-19(26)24-20-15(2)6-5-7-16(20)3/h5-11,13H,12H2,1-4H3,(H,24,26). The Balaban J connectivity index is 1.66. The Morgan fingerprint density at radius 1 is 1.04 bits per heavy atom. The first-order chi connectivity index (χ1) is 13.3. The third kappa shape index (κ3) is 4.46. The van der Waals surface area contributed by atoms with Crippen LogP contribution in [-0.4, -0.2) is 35.3 Å². The summed E-state index contributed by atoms with van der Waals surface area (Å²) in [6, 6.07) is 13.8. The second-order valence-electron chi connectivity index (χ2n) is 6.88. The number of aryl methyl sites for hydroxylation is 3. The van der Waals surface area contributed by atoms with Crippen molar-refractivity contribution in [1.29, 1.82) is 0 Å². The highest BCUT2D eigenvalue weighted by molar-refractivity contribution is 7.13. The van der Waals surface area contributed by atoms with Crippen LogP contribution in [0.4, 0.5) is 5.69 Å². The molecular formula is C22H23N3O2S. The minimum absolute atomic E-state index is 0.0377. The van der Waals surface area contributed by atoms with E-state index in [2.05, 4.69) is 10.3 Å². The Bertz CT molecular complexity index is 989. The Kier molecular flexibility index (Phi) is 5.90. The molecule has 0 spiro atoms. The molecule has 0 saturated heterocycles. The van der Waals surface area contributed by atoms with Gasteiger partial charge in [-0.25, -0.2) is 4.98 Å². The van der Waals surface area contributed by atoms with Crippen molar-refractivity contribution in [2.75, 3.05) is 18.9 Å². The molecule has 6 heteroatoms. The summed E-state index contributed by atoms with van der Waals surface area (Å²) in [7, 11) is 1.61. The number of para-hydroxylation sites is 1. The Morgan fingerprint density at radius 3 is 2.32 bits per heavy atom. The zero-order valence-electron chi connectivity index (χ0n) is 16.4. The van der Waals surface area contributed by atoms with Crippen molar-refractivity contribution in [3.05, 3.63) is 70.2 Å². The number of benzene rings is 2. The summed E-state index contributed by atoms with van der Waals surface area (Å²) < 4.78 is 0. The molecule has 1 N–H and O–H groups in total. The molecule has 28 heavy (non-hydrogen) atoms. The molecule has 0 atom stereocenters. The first kappa shape index (κ1) is 19.8. The van der Waals surface area contributed by atoms with Gasteiger partial charge >= 0.3 is 0 Å². The van der Waals surface area contributed by atoms with Crippen molar-refractivity contribution in [3.8, 4) is 10.6 Å². The number of nitrogens with zero attached hydrogens (tertiary/aromatic N) is 2. The predicted octanol–water partition coefficient (Wildman–Crippen LogP) is 4.45. The van der Waals surface area contributed by atoms with Crippen LogP contribution in [0.15, 0.2) is 47.8 Å². The largest absolute Gasteiger partial charge is 0.331 e.